The van der Waals surface area contributed by atoms with Gasteiger partial charge in [0.1, 0.15) is 12.4 Å². The fraction of sp³-hybridized carbons (Fsp3) is 0.600. The summed E-state index contributed by atoms with van der Waals surface area (Å²) in [6, 6.07) is 3.59. The first-order valence-electron chi connectivity index (χ1n) is 5.06. The lowest BCUT2D eigenvalue weighted by molar-refractivity contribution is 0.0143. The van der Waals surface area contributed by atoms with Crippen LogP contribution in [0.4, 0.5) is 8.78 Å². The Kier molecular flexibility index (Phi) is 5.99. The largest absolute Gasteiger partial charge is 0.469 e. The van der Waals surface area contributed by atoms with E-state index >= 15 is 0 Å². The van der Waals surface area contributed by atoms with Crippen molar-refractivity contribution < 1.29 is 17.9 Å². The second kappa shape index (κ2) is 7.32. The van der Waals surface area contributed by atoms with Crippen LogP contribution in [-0.4, -0.2) is 25.7 Å². The van der Waals surface area contributed by atoms with Crippen molar-refractivity contribution in [3.05, 3.63) is 24.2 Å². The molecule has 1 heterocycles. The molecule has 16 heavy (non-hydrogen) atoms. The number of halogens is 2. The van der Waals surface area contributed by atoms with Crippen LogP contribution in [-0.2, 0) is 11.2 Å². The maximum Gasteiger partial charge on any atom is 0.261 e. The van der Waals surface area contributed by atoms with E-state index in [0.717, 1.165) is 5.76 Å². The van der Waals surface area contributed by atoms with Gasteiger partial charge in [0.15, 0.2) is 0 Å². The lowest BCUT2D eigenvalue weighted by Crippen LogP contribution is -2.37. The smallest absolute Gasteiger partial charge is 0.261 e. The minimum atomic E-state index is -2.42. The summed E-state index contributed by atoms with van der Waals surface area (Å²) in [6.07, 6.45) is 0.330. The van der Waals surface area contributed by atoms with Crippen molar-refractivity contribution in [2.45, 2.75) is 25.3 Å². The Morgan fingerprint density at radius 2 is 2.31 bits per heavy atom. The third-order valence-electron chi connectivity index (χ3n) is 2.12. The molecule has 0 amide bonds. The molecular weight excluding hydrogens is 218 g/mol. The highest BCUT2D eigenvalue weighted by molar-refractivity contribution is 5.00. The number of rotatable bonds is 8. The number of furan rings is 1. The zero-order valence-electron chi connectivity index (χ0n) is 8.86. The molecule has 6 heteroatoms. The van der Waals surface area contributed by atoms with Crippen LogP contribution in [0.1, 0.15) is 12.2 Å². The second-order valence-corrected chi connectivity index (χ2v) is 3.40. The van der Waals surface area contributed by atoms with Gasteiger partial charge in [-0.05, 0) is 18.6 Å². The van der Waals surface area contributed by atoms with Crippen LogP contribution >= 0.6 is 0 Å². The monoisotopic (exact) mass is 234 g/mol. The molecule has 0 radical (unpaired) electrons. The fourth-order valence-corrected chi connectivity index (χ4v) is 1.31. The maximum atomic E-state index is 11.8. The van der Waals surface area contributed by atoms with Gasteiger partial charge in [-0.2, -0.15) is 0 Å². The SMILES string of the molecule is NNC(CCOCC(F)F)Cc1ccco1. The fourth-order valence-electron chi connectivity index (χ4n) is 1.31. The van der Waals surface area contributed by atoms with E-state index in [4.69, 9.17) is 15.0 Å². The van der Waals surface area contributed by atoms with E-state index in [0.29, 0.717) is 12.8 Å². The molecule has 0 aliphatic carbocycles. The van der Waals surface area contributed by atoms with Crippen molar-refractivity contribution in [2.75, 3.05) is 13.2 Å². The first kappa shape index (κ1) is 13.1. The Balaban J connectivity index is 2.17. The molecule has 1 rings (SSSR count). The zero-order chi connectivity index (χ0) is 11.8. The molecule has 3 N–H and O–H groups in total. The number of hydrazine groups is 1. The molecule has 4 nitrogen and oxygen atoms in total. The summed E-state index contributed by atoms with van der Waals surface area (Å²) in [7, 11) is 0. The average Bonchev–Trinajstić information content (AvgIpc) is 2.75. The minimum absolute atomic E-state index is 0.0381. The van der Waals surface area contributed by atoms with Gasteiger partial charge in [0.2, 0.25) is 0 Å². The van der Waals surface area contributed by atoms with Gasteiger partial charge < -0.3 is 9.15 Å². The van der Waals surface area contributed by atoms with E-state index < -0.39 is 13.0 Å². The molecule has 1 atom stereocenters. The normalized spacial score (nSPS) is 13.2. The third kappa shape index (κ3) is 5.20. The molecule has 0 aromatic carbocycles. The van der Waals surface area contributed by atoms with Crippen LogP contribution in [0.5, 0.6) is 0 Å². The van der Waals surface area contributed by atoms with Gasteiger partial charge in [-0.15, -0.1) is 0 Å². The standard InChI is InChI=1S/C10H16F2N2O2/c11-10(12)7-15-5-3-8(14-13)6-9-2-1-4-16-9/h1-2,4,8,10,14H,3,5-7,13H2. The van der Waals surface area contributed by atoms with Crippen molar-refractivity contribution in [3.8, 4) is 0 Å². The summed E-state index contributed by atoms with van der Waals surface area (Å²) >= 11 is 0. The van der Waals surface area contributed by atoms with Gasteiger partial charge in [0.05, 0.1) is 6.26 Å². The number of ether oxygens (including phenoxy) is 1. The molecule has 0 saturated heterocycles. The molecule has 92 valence electrons. The average molecular weight is 234 g/mol. The van der Waals surface area contributed by atoms with Crippen molar-refractivity contribution in [3.63, 3.8) is 0 Å². The first-order valence-corrected chi connectivity index (χ1v) is 5.06. The number of alkyl halides is 2. The molecule has 0 fully saturated rings. The summed E-state index contributed by atoms with van der Waals surface area (Å²) in [5.41, 5.74) is 2.60. The topological polar surface area (TPSA) is 60.4 Å². The Labute approximate surface area is 92.7 Å². The van der Waals surface area contributed by atoms with Crippen molar-refractivity contribution >= 4 is 0 Å². The summed E-state index contributed by atoms with van der Waals surface area (Å²) in [6.45, 7) is -0.280. The van der Waals surface area contributed by atoms with Crippen LogP contribution in [0.2, 0.25) is 0 Å². The lowest BCUT2D eigenvalue weighted by Gasteiger charge is -2.14. The summed E-state index contributed by atoms with van der Waals surface area (Å²) in [5, 5.41) is 0. The van der Waals surface area contributed by atoms with Crippen LogP contribution in [0.3, 0.4) is 0 Å². The second-order valence-electron chi connectivity index (χ2n) is 3.40. The highest BCUT2D eigenvalue weighted by atomic mass is 19.3. The number of hydrogen-bond acceptors (Lipinski definition) is 4. The van der Waals surface area contributed by atoms with E-state index in [1.54, 1.807) is 12.3 Å². The third-order valence-corrected chi connectivity index (χ3v) is 2.12. The van der Waals surface area contributed by atoms with Gasteiger partial charge in [-0.3, -0.25) is 11.3 Å². The van der Waals surface area contributed by atoms with Gasteiger partial charge in [-0.1, -0.05) is 0 Å². The molecule has 1 unspecified atom stereocenters. The van der Waals surface area contributed by atoms with Crippen LogP contribution in [0, 0.1) is 0 Å². The molecule has 0 spiro atoms. The Hall–Kier alpha value is -0.980. The van der Waals surface area contributed by atoms with Crippen LogP contribution in [0.15, 0.2) is 22.8 Å². The van der Waals surface area contributed by atoms with E-state index in [1.165, 1.54) is 0 Å². The van der Waals surface area contributed by atoms with Crippen molar-refractivity contribution in [2.24, 2.45) is 5.84 Å². The van der Waals surface area contributed by atoms with Crippen molar-refractivity contribution in [1.82, 2.24) is 5.43 Å². The van der Waals surface area contributed by atoms with Crippen LogP contribution in [0.25, 0.3) is 0 Å². The van der Waals surface area contributed by atoms with Gasteiger partial charge in [0, 0.05) is 19.1 Å². The molecule has 0 saturated carbocycles. The Morgan fingerprint density at radius 3 is 2.88 bits per heavy atom. The minimum Gasteiger partial charge on any atom is -0.469 e. The number of hydrogen-bond donors (Lipinski definition) is 2. The lowest BCUT2D eigenvalue weighted by atomic mass is 10.1. The maximum absolute atomic E-state index is 11.8. The van der Waals surface area contributed by atoms with E-state index in [1.807, 2.05) is 6.07 Å². The summed E-state index contributed by atoms with van der Waals surface area (Å²) < 4.78 is 33.5. The highest BCUT2D eigenvalue weighted by Gasteiger charge is 2.10. The quantitative estimate of drug-likeness (QED) is 0.404. The molecule has 1 aromatic rings. The predicted octanol–water partition coefficient (Wildman–Crippen LogP) is 1.33. The predicted molar refractivity (Wildman–Crippen MR) is 55.0 cm³/mol. The summed E-state index contributed by atoms with van der Waals surface area (Å²) in [4.78, 5) is 0. The van der Waals surface area contributed by atoms with E-state index in [-0.39, 0.29) is 12.6 Å². The van der Waals surface area contributed by atoms with Crippen LogP contribution < -0.4 is 11.3 Å². The first-order chi connectivity index (χ1) is 7.72. The van der Waals surface area contributed by atoms with Gasteiger partial charge >= 0.3 is 0 Å². The van der Waals surface area contributed by atoms with Gasteiger partial charge in [-0.25, -0.2) is 8.78 Å². The molecular formula is C10H16F2N2O2. The molecule has 0 aliphatic rings. The zero-order valence-corrected chi connectivity index (χ0v) is 8.86. The molecule has 1 aromatic heterocycles. The van der Waals surface area contributed by atoms with E-state index in [9.17, 15) is 8.78 Å². The Bertz CT molecular complexity index is 268. The molecule has 0 aliphatic heterocycles. The summed E-state index contributed by atoms with van der Waals surface area (Å²) in [5.74, 6) is 6.14. The molecule has 0 bridgehead atoms. The highest BCUT2D eigenvalue weighted by Crippen LogP contribution is 2.06. The van der Waals surface area contributed by atoms with E-state index in [2.05, 4.69) is 5.43 Å². The van der Waals surface area contributed by atoms with Crippen molar-refractivity contribution in [1.29, 1.82) is 0 Å². The Morgan fingerprint density at radius 1 is 1.50 bits per heavy atom. The van der Waals surface area contributed by atoms with Gasteiger partial charge in [0.25, 0.3) is 6.43 Å². The number of nitrogens with one attached hydrogen (secondary N) is 1. The number of nitrogens with two attached hydrogens (primary N) is 1.